The van der Waals surface area contributed by atoms with Crippen molar-refractivity contribution in [1.29, 1.82) is 0 Å². The number of hydrogen-bond acceptors (Lipinski definition) is 5. The summed E-state index contributed by atoms with van der Waals surface area (Å²) in [5.74, 6) is -0.610. The summed E-state index contributed by atoms with van der Waals surface area (Å²) in [6.45, 7) is 0.346. The molecule has 3 rings (SSSR count). The Morgan fingerprint density at radius 1 is 1.25 bits per heavy atom. The van der Waals surface area contributed by atoms with E-state index in [0.717, 1.165) is 12.1 Å². The van der Waals surface area contributed by atoms with Gasteiger partial charge in [0.25, 0.3) is 0 Å². The van der Waals surface area contributed by atoms with Gasteiger partial charge in [0.2, 0.25) is 15.8 Å². The van der Waals surface area contributed by atoms with E-state index in [1.165, 1.54) is 0 Å². The summed E-state index contributed by atoms with van der Waals surface area (Å²) in [6.07, 6.45) is 0.422. The fourth-order valence-electron chi connectivity index (χ4n) is 2.52. The van der Waals surface area contributed by atoms with Gasteiger partial charge in [0, 0.05) is 24.1 Å². The van der Waals surface area contributed by atoms with Gasteiger partial charge in [-0.15, -0.1) is 0 Å². The minimum Gasteiger partial charge on any atom is -0.493 e. The van der Waals surface area contributed by atoms with Crippen LogP contribution in [-0.2, 0) is 10.0 Å². The molecule has 0 bridgehead atoms. The van der Waals surface area contributed by atoms with Gasteiger partial charge in [-0.3, -0.25) is 10.1 Å². The number of para-hydroxylation sites is 1. The van der Waals surface area contributed by atoms with Crippen LogP contribution in [0.2, 0.25) is 0 Å². The number of ether oxygens (including phenoxy) is 1. The van der Waals surface area contributed by atoms with Crippen molar-refractivity contribution in [2.24, 2.45) is 0 Å². The van der Waals surface area contributed by atoms with Crippen LogP contribution >= 0.6 is 0 Å². The Bertz CT molecular complexity index is 900. The molecule has 9 heteroatoms. The van der Waals surface area contributed by atoms with Crippen LogP contribution in [0.5, 0.6) is 5.75 Å². The largest absolute Gasteiger partial charge is 0.493 e. The number of hydrogen-bond donors (Lipinski definition) is 1. The molecule has 7 nitrogen and oxygen atoms in total. The summed E-state index contributed by atoms with van der Waals surface area (Å²) in [6, 6.07) is 9.00. The Morgan fingerprint density at radius 2 is 2.00 bits per heavy atom. The van der Waals surface area contributed by atoms with Crippen LogP contribution in [0.15, 0.2) is 47.4 Å². The summed E-state index contributed by atoms with van der Waals surface area (Å²) >= 11 is 0. The molecule has 0 spiro atoms. The number of fused-ring (bicyclic) bond motifs is 1. The molecule has 2 aromatic carbocycles. The molecule has 0 aliphatic carbocycles. The molecular weight excluding hydrogens is 339 g/mol. The third-order valence-corrected chi connectivity index (χ3v) is 5.15. The lowest BCUT2D eigenvalue weighted by Gasteiger charge is -2.26. The number of nitro groups is 1. The summed E-state index contributed by atoms with van der Waals surface area (Å²) < 4.78 is 46.6. The van der Waals surface area contributed by atoms with Gasteiger partial charge in [-0.25, -0.2) is 13.1 Å². The first-order valence-electron chi connectivity index (χ1n) is 7.06. The van der Waals surface area contributed by atoms with Gasteiger partial charge >= 0.3 is 5.69 Å². The van der Waals surface area contributed by atoms with Crippen LogP contribution in [0, 0.1) is 15.9 Å². The van der Waals surface area contributed by atoms with Crippen LogP contribution in [0.25, 0.3) is 0 Å². The van der Waals surface area contributed by atoms with Crippen molar-refractivity contribution in [3.8, 4) is 5.75 Å². The molecule has 1 N–H and O–H groups in total. The first-order valence-corrected chi connectivity index (χ1v) is 8.55. The third kappa shape index (κ3) is 3.08. The SMILES string of the molecule is O=[N+]([O-])c1ccc(S(=O)(=O)N[C@H]2CCOc3ccccc32)cc1F. The van der Waals surface area contributed by atoms with Crippen molar-refractivity contribution in [3.05, 3.63) is 64.0 Å². The lowest BCUT2D eigenvalue weighted by atomic mass is 10.0. The maximum Gasteiger partial charge on any atom is 0.304 e. The molecule has 24 heavy (non-hydrogen) atoms. The highest BCUT2D eigenvalue weighted by atomic mass is 32.2. The second-order valence-corrected chi connectivity index (χ2v) is 6.93. The zero-order valence-electron chi connectivity index (χ0n) is 12.3. The number of nitrogens with zero attached hydrogens (tertiary/aromatic N) is 1. The van der Waals surface area contributed by atoms with E-state index in [1.807, 2.05) is 0 Å². The van der Waals surface area contributed by atoms with Gasteiger partial charge in [0.05, 0.1) is 22.5 Å². The lowest BCUT2D eigenvalue weighted by Crippen LogP contribution is -2.32. The van der Waals surface area contributed by atoms with Crippen molar-refractivity contribution in [2.45, 2.75) is 17.4 Å². The Hall–Kier alpha value is -2.52. The summed E-state index contributed by atoms with van der Waals surface area (Å²) in [4.78, 5) is 9.35. The standard InChI is InChI=1S/C15H13FN2O5S/c16-12-9-10(5-6-14(12)18(19)20)24(21,22)17-13-7-8-23-15-4-2-1-3-11(13)15/h1-6,9,13,17H,7-8H2/t13-/m0/s1. The number of rotatable bonds is 4. The van der Waals surface area contributed by atoms with Crippen LogP contribution < -0.4 is 9.46 Å². The number of nitro benzene ring substituents is 1. The molecule has 0 radical (unpaired) electrons. The number of sulfonamides is 1. The predicted octanol–water partition coefficient (Wildman–Crippen LogP) is 2.54. The van der Waals surface area contributed by atoms with Crippen molar-refractivity contribution in [3.63, 3.8) is 0 Å². The van der Waals surface area contributed by atoms with Crippen molar-refractivity contribution in [2.75, 3.05) is 6.61 Å². The van der Waals surface area contributed by atoms with Gasteiger partial charge < -0.3 is 4.74 Å². The average Bonchev–Trinajstić information content (AvgIpc) is 2.54. The van der Waals surface area contributed by atoms with Crippen molar-refractivity contribution < 1.29 is 22.5 Å². The van der Waals surface area contributed by atoms with Crippen LogP contribution in [0.1, 0.15) is 18.0 Å². The molecule has 0 unspecified atom stereocenters. The molecule has 0 saturated carbocycles. The van der Waals surface area contributed by atoms with Gasteiger partial charge in [-0.1, -0.05) is 18.2 Å². The average molecular weight is 352 g/mol. The Kier molecular flexibility index (Phi) is 4.20. The summed E-state index contributed by atoms with van der Waals surface area (Å²) in [5.41, 5.74) is -0.0833. The van der Waals surface area contributed by atoms with E-state index in [2.05, 4.69) is 4.72 Å². The van der Waals surface area contributed by atoms with E-state index in [-0.39, 0.29) is 4.90 Å². The Labute approximate surface area is 137 Å². The monoisotopic (exact) mass is 352 g/mol. The molecule has 2 aromatic rings. The van der Waals surface area contributed by atoms with E-state index in [4.69, 9.17) is 4.74 Å². The third-order valence-electron chi connectivity index (χ3n) is 3.68. The van der Waals surface area contributed by atoms with E-state index in [9.17, 15) is 22.9 Å². The van der Waals surface area contributed by atoms with Gasteiger partial charge in [-0.05, 0) is 12.1 Å². The van der Waals surface area contributed by atoms with Gasteiger partial charge in [0.15, 0.2) is 0 Å². The number of halogens is 1. The molecule has 0 amide bonds. The van der Waals surface area contributed by atoms with Gasteiger partial charge in [-0.2, -0.15) is 4.39 Å². The highest BCUT2D eigenvalue weighted by Crippen LogP contribution is 2.33. The fraction of sp³-hybridized carbons (Fsp3) is 0.200. The topological polar surface area (TPSA) is 98.5 Å². The van der Waals surface area contributed by atoms with Crippen LogP contribution in [0.4, 0.5) is 10.1 Å². The van der Waals surface area contributed by atoms with Crippen LogP contribution in [0.3, 0.4) is 0 Å². The zero-order chi connectivity index (χ0) is 17.3. The molecule has 0 saturated heterocycles. The molecule has 1 aliphatic heterocycles. The summed E-state index contributed by atoms with van der Waals surface area (Å²) in [7, 11) is -4.04. The van der Waals surface area contributed by atoms with E-state index < -0.39 is 32.5 Å². The fourth-order valence-corrected chi connectivity index (χ4v) is 3.78. The molecule has 1 heterocycles. The molecule has 0 aromatic heterocycles. The minimum absolute atomic E-state index is 0.346. The molecular formula is C15H13FN2O5S. The van der Waals surface area contributed by atoms with Gasteiger partial charge in [0.1, 0.15) is 5.75 Å². The highest BCUT2D eigenvalue weighted by Gasteiger charge is 2.28. The number of nitrogens with one attached hydrogen (secondary N) is 1. The Balaban J connectivity index is 1.90. The molecule has 0 fully saturated rings. The van der Waals surface area contributed by atoms with Crippen molar-refractivity contribution >= 4 is 15.7 Å². The predicted molar refractivity (Wildman–Crippen MR) is 82.7 cm³/mol. The quantitative estimate of drug-likeness (QED) is 0.673. The minimum atomic E-state index is -4.04. The van der Waals surface area contributed by atoms with Crippen molar-refractivity contribution in [1.82, 2.24) is 4.72 Å². The molecule has 1 atom stereocenters. The molecule has 1 aliphatic rings. The normalized spacial score (nSPS) is 17.0. The first kappa shape index (κ1) is 16.3. The maximum absolute atomic E-state index is 13.7. The Morgan fingerprint density at radius 3 is 2.71 bits per heavy atom. The smallest absolute Gasteiger partial charge is 0.304 e. The second-order valence-electron chi connectivity index (χ2n) is 5.22. The maximum atomic E-state index is 13.7. The first-order chi connectivity index (χ1) is 11.4. The van der Waals surface area contributed by atoms with E-state index in [1.54, 1.807) is 24.3 Å². The van der Waals surface area contributed by atoms with Crippen LogP contribution in [-0.4, -0.2) is 19.9 Å². The molecule has 126 valence electrons. The van der Waals surface area contributed by atoms with E-state index >= 15 is 0 Å². The second kappa shape index (κ2) is 6.17. The zero-order valence-corrected chi connectivity index (χ0v) is 13.1. The summed E-state index contributed by atoms with van der Waals surface area (Å²) in [5, 5.41) is 10.6. The highest BCUT2D eigenvalue weighted by molar-refractivity contribution is 7.89. The lowest BCUT2D eigenvalue weighted by molar-refractivity contribution is -0.387. The number of benzene rings is 2. The van der Waals surface area contributed by atoms with E-state index in [0.29, 0.717) is 30.4 Å².